The molecule has 3 aliphatic rings. The third kappa shape index (κ3) is 3.48. The van der Waals surface area contributed by atoms with E-state index >= 15 is 0 Å². The predicted octanol–water partition coefficient (Wildman–Crippen LogP) is 1.02. The number of carbonyl (C=O) groups is 1. The Morgan fingerprint density at radius 2 is 1.84 bits per heavy atom. The Hall–Kier alpha value is -1.73. The van der Waals surface area contributed by atoms with Crippen molar-refractivity contribution in [3.05, 3.63) is 18.0 Å². The van der Waals surface area contributed by atoms with E-state index in [9.17, 15) is 4.79 Å². The van der Waals surface area contributed by atoms with Gasteiger partial charge in [-0.25, -0.2) is 9.97 Å². The second kappa shape index (κ2) is 6.88. The Labute approximate surface area is 148 Å². The Morgan fingerprint density at radius 1 is 1.16 bits per heavy atom. The molecule has 4 heterocycles. The summed E-state index contributed by atoms with van der Waals surface area (Å²) in [6, 6.07) is 0. The number of nitrogens with zero attached hydrogens (tertiary/aromatic N) is 4. The fourth-order valence-electron chi connectivity index (χ4n) is 4.06. The Balaban J connectivity index is 1.34. The number of aromatic nitrogens is 2. The van der Waals surface area contributed by atoms with Gasteiger partial charge in [-0.2, -0.15) is 0 Å². The maximum atomic E-state index is 12.7. The molecule has 1 atom stereocenters. The number of amides is 1. The lowest BCUT2D eigenvalue weighted by atomic mass is 9.85. The molecule has 1 aromatic heterocycles. The van der Waals surface area contributed by atoms with Crippen molar-refractivity contribution in [2.45, 2.75) is 31.8 Å². The van der Waals surface area contributed by atoms with E-state index < -0.39 is 0 Å². The van der Waals surface area contributed by atoms with Gasteiger partial charge in [-0.3, -0.25) is 4.79 Å². The van der Waals surface area contributed by atoms with Gasteiger partial charge in [-0.05, 0) is 31.7 Å². The molecule has 25 heavy (non-hydrogen) atoms. The third-order valence-electron chi connectivity index (χ3n) is 5.61. The van der Waals surface area contributed by atoms with Crippen LogP contribution < -0.4 is 4.90 Å². The second-order valence-corrected chi connectivity index (χ2v) is 7.38. The highest BCUT2D eigenvalue weighted by molar-refractivity contribution is 5.79. The van der Waals surface area contributed by atoms with E-state index in [1.54, 1.807) is 0 Å². The Kier molecular flexibility index (Phi) is 4.60. The highest BCUT2D eigenvalue weighted by atomic mass is 16.5. The fourth-order valence-corrected chi connectivity index (χ4v) is 4.06. The van der Waals surface area contributed by atoms with Crippen LogP contribution >= 0.6 is 0 Å². The first kappa shape index (κ1) is 16.7. The molecule has 7 heteroatoms. The smallest absolute Gasteiger partial charge is 0.228 e. The standard InChI is InChI=1S/C18H26N4O3/c1-14-11-19-17(20-12-14)22-4-2-18(3-5-22)10-15(13-25-18)16(23)21-6-8-24-9-7-21/h11-12,15H,2-10,13H2,1H3/t15-/m1/s1. The molecule has 1 amide bonds. The van der Waals surface area contributed by atoms with Gasteiger partial charge in [0.05, 0.1) is 31.3 Å². The average Bonchev–Trinajstić information content (AvgIpc) is 3.07. The first-order valence-corrected chi connectivity index (χ1v) is 9.19. The normalized spacial score (nSPS) is 26.2. The van der Waals surface area contributed by atoms with Crippen LogP contribution in [0.1, 0.15) is 24.8 Å². The summed E-state index contributed by atoms with van der Waals surface area (Å²) in [7, 11) is 0. The molecule has 3 saturated heterocycles. The maximum Gasteiger partial charge on any atom is 0.228 e. The molecule has 1 aromatic rings. The molecular weight excluding hydrogens is 320 g/mol. The summed E-state index contributed by atoms with van der Waals surface area (Å²) in [4.78, 5) is 25.7. The summed E-state index contributed by atoms with van der Waals surface area (Å²) in [5.41, 5.74) is 0.925. The van der Waals surface area contributed by atoms with Crippen molar-refractivity contribution in [1.82, 2.24) is 14.9 Å². The van der Waals surface area contributed by atoms with E-state index in [0.29, 0.717) is 32.9 Å². The molecule has 0 N–H and O–H groups in total. The zero-order valence-corrected chi connectivity index (χ0v) is 14.8. The van der Waals surface area contributed by atoms with Crippen molar-refractivity contribution in [2.24, 2.45) is 5.92 Å². The molecule has 3 aliphatic heterocycles. The minimum atomic E-state index is -0.145. The second-order valence-electron chi connectivity index (χ2n) is 7.38. The number of carbonyl (C=O) groups excluding carboxylic acids is 1. The molecule has 0 unspecified atom stereocenters. The molecule has 4 rings (SSSR count). The largest absolute Gasteiger partial charge is 0.378 e. The number of hydrogen-bond acceptors (Lipinski definition) is 6. The summed E-state index contributed by atoms with van der Waals surface area (Å²) in [5, 5.41) is 0. The number of piperidine rings is 1. The lowest BCUT2D eigenvalue weighted by Crippen LogP contribution is -2.46. The fraction of sp³-hybridized carbons (Fsp3) is 0.722. The number of morpholine rings is 1. The summed E-state index contributed by atoms with van der Waals surface area (Å²) < 4.78 is 11.5. The molecule has 0 bridgehead atoms. The van der Waals surface area contributed by atoms with Crippen LogP contribution in [-0.4, -0.2) is 72.4 Å². The number of rotatable bonds is 2. The summed E-state index contributed by atoms with van der Waals surface area (Å²) >= 11 is 0. The van der Waals surface area contributed by atoms with Gasteiger partial charge >= 0.3 is 0 Å². The van der Waals surface area contributed by atoms with Crippen LogP contribution in [0.4, 0.5) is 5.95 Å². The third-order valence-corrected chi connectivity index (χ3v) is 5.61. The lowest BCUT2D eigenvalue weighted by molar-refractivity contribution is -0.139. The van der Waals surface area contributed by atoms with Crippen molar-refractivity contribution in [2.75, 3.05) is 50.9 Å². The zero-order chi connectivity index (χ0) is 17.3. The highest BCUT2D eigenvalue weighted by Gasteiger charge is 2.46. The summed E-state index contributed by atoms with van der Waals surface area (Å²) in [6.45, 7) is 7.01. The lowest BCUT2D eigenvalue weighted by Gasteiger charge is -2.38. The highest BCUT2D eigenvalue weighted by Crippen LogP contribution is 2.39. The zero-order valence-electron chi connectivity index (χ0n) is 14.8. The molecular formula is C18H26N4O3. The van der Waals surface area contributed by atoms with Gasteiger partial charge in [0.15, 0.2) is 0 Å². The maximum absolute atomic E-state index is 12.7. The van der Waals surface area contributed by atoms with Gasteiger partial charge in [0.1, 0.15) is 0 Å². The van der Waals surface area contributed by atoms with Crippen LogP contribution in [-0.2, 0) is 14.3 Å². The average molecular weight is 346 g/mol. The predicted molar refractivity (Wildman–Crippen MR) is 92.4 cm³/mol. The number of aryl methyl sites for hydroxylation is 1. The van der Waals surface area contributed by atoms with E-state index in [1.165, 1.54) is 0 Å². The molecule has 0 radical (unpaired) electrons. The SMILES string of the molecule is Cc1cnc(N2CCC3(CC2)C[C@@H](C(=O)N2CCOCC2)CO3)nc1. The molecule has 0 saturated carbocycles. The molecule has 7 nitrogen and oxygen atoms in total. The van der Waals surface area contributed by atoms with Crippen LogP contribution in [0.2, 0.25) is 0 Å². The van der Waals surface area contributed by atoms with Gasteiger partial charge in [-0.1, -0.05) is 0 Å². The molecule has 0 aromatic carbocycles. The Bertz CT molecular complexity index is 607. The van der Waals surface area contributed by atoms with Gasteiger partial charge in [0, 0.05) is 38.6 Å². The van der Waals surface area contributed by atoms with Crippen LogP contribution in [0.15, 0.2) is 12.4 Å². The molecule has 0 aliphatic carbocycles. The summed E-state index contributed by atoms with van der Waals surface area (Å²) in [6.07, 6.45) is 6.41. The van der Waals surface area contributed by atoms with Gasteiger partial charge in [0.25, 0.3) is 0 Å². The van der Waals surface area contributed by atoms with E-state index in [1.807, 2.05) is 24.2 Å². The van der Waals surface area contributed by atoms with Crippen molar-refractivity contribution in [1.29, 1.82) is 0 Å². The van der Waals surface area contributed by atoms with Gasteiger partial charge in [-0.15, -0.1) is 0 Å². The summed E-state index contributed by atoms with van der Waals surface area (Å²) in [5.74, 6) is 1.03. The van der Waals surface area contributed by atoms with Crippen LogP contribution in [0.25, 0.3) is 0 Å². The van der Waals surface area contributed by atoms with E-state index in [-0.39, 0.29) is 17.4 Å². The van der Waals surface area contributed by atoms with E-state index in [0.717, 1.165) is 43.9 Å². The van der Waals surface area contributed by atoms with Crippen LogP contribution in [0, 0.1) is 12.8 Å². The minimum Gasteiger partial charge on any atom is -0.378 e. The van der Waals surface area contributed by atoms with Crippen molar-refractivity contribution < 1.29 is 14.3 Å². The monoisotopic (exact) mass is 346 g/mol. The van der Waals surface area contributed by atoms with E-state index in [2.05, 4.69) is 14.9 Å². The van der Waals surface area contributed by atoms with Crippen LogP contribution in [0.3, 0.4) is 0 Å². The van der Waals surface area contributed by atoms with E-state index in [4.69, 9.17) is 9.47 Å². The first-order valence-electron chi connectivity index (χ1n) is 9.19. The molecule has 1 spiro atoms. The van der Waals surface area contributed by atoms with Crippen molar-refractivity contribution in [3.8, 4) is 0 Å². The quantitative estimate of drug-likeness (QED) is 0.796. The minimum absolute atomic E-state index is 0.000255. The Morgan fingerprint density at radius 3 is 2.52 bits per heavy atom. The topological polar surface area (TPSA) is 67.8 Å². The number of ether oxygens (including phenoxy) is 2. The van der Waals surface area contributed by atoms with Gasteiger partial charge < -0.3 is 19.3 Å². The van der Waals surface area contributed by atoms with Crippen molar-refractivity contribution in [3.63, 3.8) is 0 Å². The van der Waals surface area contributed by atoms with Gasteiger partial charge in [0.2, 0.25) is 11.9 Å². The first-order chi connectivity index (χ1) is 12.2. The number of anilines is 1. The number of hydrogen-bond donors (Lipinski definition) is 0. The molecule has 136 valence electrons. The molecule has 3 fully saturated rings. The van der Waals surface area contributed by atoms with Crippen molar-refractivity contribution >= 4 is 11.9 Å². The van der Waals surface area contributed by atoms with Crippen LogP contribution in [0.5, 0.6) is 0 Å².